The molecule has 0 aliphatic carbocycles. The summed E-state index contributed by atoms with van der Waals surface area (Å²) in [6, 6.07) is 6.85. The van der Waals surface area contributed by atoms with E-state index in [0.717, 1.165) is 0 Å². The van der Waals surface area contributed by atoms with E-state index < -0.39 is 0 Å². The normalized spacial score (nSPS) is 10.3. The van der Waals surface area contributed by atoms with Gasteiger partial charge in [-0.15, -0.1) is 0 Å². The van der Waals surface area contributed by atoms with Crippen LogP contribution in [-0.4, -0.2) is 61.3 Å². The summed E-state index contributed by atoms with van der Waals surface area (Å²) in [6.07, 6.45) is 0. The van der Waals surface area contributed by atoms with Crippen molar-refractivity contribution in [1.82, 2.24) is 9.80 Å². The molecule has 0 saturated carbocycles. The van der Waals surface area contributed by atoms with Gasteiger partial charge < -0.3 is 15.5 Å². The van der Waals surface area contributed by atoms with E-state index in [9.17, 15) is 14.4 Å². The van der Waals surface area contributed by atoms with Gasteiger partial charge in [0, 0.05) is 32.4 Å². The lowest BCUT2D eigenvalue weighted by Gasteiger charge is -2.21. The fourth-order valence-corrected chi connectivity index (χ4v) is 1.86. The molecule has 0 radical (unpaired) electrons. The van der Waals surface area contributed by atoms with Crippen molar-refractivity contribution in [3.63, 3.8) is 0 Å². The van der Waals surface area contributed by atoms with Gasteiger partial charge in [0.05, 0.1) is 13.1 Å². The number of likely N-dealkylation sites (N-methyl/N-ethyl adjacent to an activating group) is 2. The van der Waals surface area contributed by atoms with Crippen molar-refractivity contribution in [2.24, 2.45) is 0 Å². The molecule has 0 unspecified atom stereocenters. The largest absolute Gasteiger partial charge is 0.348 e. The van der Waals surface area contributed by atoms with Crippen molar-refractivity contribution >= 4 is 29.1 Å². The van der Waals surface area contributed by atoms with E-state index in [-0.39, 0.29) is 30.8 Å². The molecular formula is C16H24N4O3. The third kappa shape index (κ3) is 6.92. The number of nitrogens with one attached hydrogen (secondary N) is 2. The van der Waals surface area contributed by atoms with E-state index in [1.807, 2.05) is 6.92 Å². The van der Waals surface area contributed by atoms with Crippen LogP contribution in [0.3, 0.4) is 0 Å². The fraction of sp³-hybridized carbons (Fsp3) is 0.438. The van der Waals surface area contributed by atoms with Crippen molar-refractivity contribution in [2.75, 3.05) is 44.4 Å². The predicted octanol–water partition coefficient (Wildman–Crippen LogP) is 0.994. The third-order valence-electron chi connectivity index (χ3n) is 3.16. The molecule has 1 aromatic rings. The average Bonchev–Trinajstić information content (AvgIpc) is 2.47. The highest BCUT2D eigenvalue weighted by atomic mass is 16.2. The molecule has 0 saturated heterocycles. The Bertz CT molecular complexity index is 555. The van der Waals surface area contributed by atoms with Crippen LogP contribution in [0.1, 0.15) is 13.8 Å². The molecule has 0 fully saturated rings. The number of nitrogens with zero attached hydrogens (tertiary/aromatic N) is 2. The molecule has 2 N–H and O–H groups in total. The molecule has 0 aliphatic rings. The number of benzene rings is 1. The molecule has 126 valence electrons. The number of rotatable bonds is 7. The number of carbonyl (C=O) groups is 3. The van der Waals surface area contributed by atoms with Crippen molar-refractivity contribution in [2.45, 2.75) is 13.8 Å². The van der Waals surface area contributed by atoms with Gasteiger partial charge in [-0.2, -0.15) is 0 Å². The van der Waals surface area contributed by atoms with Crippen LogP contribution in [0.5, 0.6) is 0 Å². The van der Waals surface area contributed by atoms with Gasteiger partial charge >= 0.3 is 0 Å². The first-order chi connectivity index (χ1) is 10.8. The lowest BCUT2D eigenvalue weighted by Crippen LogP contribution is -2.40. The maximum absolute atomic E-state index is 12.0. The molecule has 23 heavy (non-hydrogen) atoms. The Labute approximate surface area is 136 Å². The molecule has 7 heteroatoms. The van der Waals surface area contributed by atoms with Gasteiger partial charge in [-0.05, 0) is 30.8 Å². The minimum absolute atomic E-state index is 0.0423. The summed E-state index contributed by atoms with van der Waals surface area (Å²) < 4.78 is 0. The Hall–Kier alpha value is -2.41. The zero-order chi connectivity index (χ0) is 17.4. The number of hydrogen-bond donors (Lipinski definition) is 2. The van der Waals surface area contributed by atoms with Crippen LogP contribution in [-0.2, 0) is 14.4 Å². The minimum atomic E-state index is -0.189. The Morgan fingerprint density at radius 3 is 1.91 bits per heavy atom. The van der Waals surface area contributed by atoms with E-state index in [2.05, 4.69) is 10.6 Å². The summed E-state index contributed by atoms with van der Waals surface area (Å²) in [7, 11) is 3.37. The minimum Gasteiger partial charge on any atom is -0.348 e. The first kappa shape index (κ1) is 18.6. The zero-order valence-electron chi connectivity index (χ0n) is 14.0. The standard InChI is InChI=1S/C16H24N4O3/c1-5-20(11-16(23)19(3)4)10-15(22)18-14-8-6-13(7-9-14)17-12(2)21/h6-9H,5,10-11H2,1-4H3,(H,17,21)(H,18,22). The Balaban J connectivity index is 2.54. The van der Waals surface area contributed by atoms with E-state index in [1.54, 1.807) is 43.3 Å². The average molecular weight is 320 g/mol. The van der Waals surface area contributed by atoms with Crippen LogP contribution in [0.15, 0.2) is 24.3 Å². The third-order valence-corrected chi connectivity index (χ3v) is 3.16. The van der Waals surface area contributed by atoms with Crippen LogP contribution in [0.25, 0.3) is 0 Å². The molecule has 0 heterocycles. The maximum atomic E-state index is 12.0. The Morgan fingerprint density at radius 2 is 1.48 bits per heavy atom. The van der Waals surface area contributed by atoms with Crippen molar-refractivity contribution in [1.29, 1.82) is 0 Å². The maximum Gasteiger partial charge on any atom is 0.238 e. The summed E-state index contributed by atoms with van der Waals surface area (Å²) in [5.74, 6) is -0.379. The lowest BCUT2D eigenvalue weighted by atomic mass is 10.2. The van der Waals surface area contributed by atoms with Crippen LogP contribution >= 0.6 is 0 Å². The second-order valence-corrected chi connectivity index (χ2v) is 5.40. The molecule has 1 rings (SSSR count). The van der Waals surface area contributed by atoms with Gasteiger partial charge in [0.25, 0.3) is 0 Å². The van der Waals surface area contributed by atoms with Gasteiger partial charge in [-0.25, -0.2) is 0 Å². The molecule has 0 aromatic heterocycles. The SMILES string of the molecule is CCN(CC(=O)Nc1ccc(NC(C)=O)cc1)CC(=O)N(C)C. The van der Waals surface area contributed by atoms with Crippen molar-refractivity contribution in [3.05, 3.63) is 24.3 Å². The van der Waals surface area contributed by atoms with Crippen LogP contribution in [0, 0.1) is 0 Å². The van der Waals surface area contributed by atoms with E-state index in [0.29, 0.717) is 17.9 Å². The van der Waals surface area contributed by atoms with Gasteiger partial charge in [0.1, 0.15) is 0 Å². The monoisotopic (exact) mass is 320 g/mol. The number of hydrogen-bond acceptors (Lipinski definition) is 4. The highest BCUT2D eigenvalue weighted by molar-refractivity contribution is 5.93. The Kier molecular flexibility index (Phi) is 7.21. The molecule has 7 nitrogen and oxygen atoms in total. The molecule has 0 atom stereocenters. The summed E-state index contributed by atoms with van der Waals surface area (Å²) in [5, 5.41) is 5.43. The molecular weight excluding hydrogens is 296 g/mol. The number of anilines is 2. The van der Waals surface area contributed by atoms with Crippen molar-refractivity contribution in [3.8, 4) is 0 Å². The second kappa shape index (κ2) is 8.89. The zero-order valence-corrected chi connectivity index (χ0v) is 14.0. The van der Waals surface area contributed by atoms with E-state index >= 15 is 0 Å². The van der Waals surface area contributed by atoms with Crippen molar-refractivity contribution < 1.29 is 14.4 Å². The summed E-state index contributed by atoms with van der Waals surface area (Å²) in [4.78, 5) is 38.0. The first-order valence-corrected chi connectivity index (χ1v) is 7.41. The smallest absolute Gasteiger partial charge is 0.238 e. The molecule has 1 aromatic carbocycles. The quantitative estimate of drug-likeness (QED) is 0.785. The van der Waals surface area contributed by atoms with Gasteiger partial charge in [0.2, 0.25) is 17.7 Å². The van der Waals surface area contributed by atoms with Crippen LogP contribution < -0.4 is 10.6 Å². The molecule has 3 amide bonds. The highest BCUT2D eigenvalue weighted by Gasteiger charge is 2.14. The van der Waals surface area contributed by atoms with E-state index in [1.165, 1.54) is 11.8 Å². The molecule has 0 aliphatic heterocycles. The van der Waals surface area contributed by atoms with Crippen LogP contribution in [0.4, 0.5) is 11.4 Å². The molecule has 0 bridgehead atoms. The van der Waals surface area contributed by atoms with E-state index in [4.69, 9.17) is 0 Å². The summed E-state index contributed by atoms with van der Waals surface area (Å²) in [5.41, 5.74) is 1.31. The van der Waals surface area contributed by atoms with Gasteiger partial charge in [-0.3, -0.25) is 19.3 Å². The fourth-order valence-electron chi connectivity index (χ4n) is 1.86. The number of carbonyl (C=O) groups excluding carboxylic acids is 3. The lowest BCUT2D eigenvalue weighted by molar-refractivity contribution is -0.130. The van der Waals surface area contributed by atoms with Crippen LogP contribution in [0.2, 0.25) is 0 Å². The molecule has 0 spiro atoms. The topological polar surface area (TPSA) is 81.8 Å². The first-order valence-electron chi connectivity index (χ1n) is 7.41. The van der Waals surface area contributed by atoms with Gasteiger partial charge in [-0.1, -0.05) is 6.92 Å². The van der Waals surface area contributed by atoms with Gasteiger partial charge in [0.15, 0.2) is 0 Å². The second-order valence-electron chi connectivity index (χ2n) is 5.40. The predicted molar refractivity (Wildman–Crippen MR) is 90.2 cm³/mol. The highest BCUT2D eigenvalue weighted by Crippen LogP contribution is 2.13. The summed E-state index contributed by atoms with van der Waals surface area (Å²) >= 11 is 0. The summed E-state index contributed by atoms with van der Waals surface area (Å²) in [6.45, 7) is 4.29. The number of amides is 3. The Morgan fingerprint density at radius 1 is 0.957 bits per heavy atom.